The zero-order valence-electron chi connectivity index (χ0n) is 16.4. The van der Waals surface area contributed by atoms with Gasteiger partial charge in [-0.2, -0.15) is 0 Å². The van der Waals surface area contributed by atoms with Gasteiger partial charge in [-0.05, 0) is 48.0 Å². The van der Waals surface area contributed by atoms with Gasteiger partial charge in [-0.3, -0.25) is 14.5 Å². The fourth-order valence-electron chi connectivity index (χ4n) is 3.67. The van der Waals surface area contributed by atoms with Gasteiger partial charge in [0.15, 0.2) is 0 Å². The van der Waals surface area contributed by atoms with Crippen LogP contribution in [-0.4, -0.2) is 29.0 Å². The van der Waals surface area contributed by atoms with Crippen molar-refractivity contribution in [2.75, 3.05) is 12.0 Å². The molecule has 1 heterocycles. The number of hydrogen-bond donors (Lipinski definition) is 2. The van der Waals surface area contributed by atoms with E-state index in [9.17, 15) is 19.8 Å². The van der Waals surface area contributed by atoms with Gasteiger partial charge < -0.3 is 14.9 Å². The number of rotatable bonds is 4. The van der Waals surface area contributed by atoms with Crippen LogP contribution >= 0.6 is 11.6 Å². The highest BCUT2D eigenvalue weighted by atomic mass is 35.5. The third-order valence-corrected chi connectivity index (χ3v) is 5.39. The van der Waals surface area contributed by atoms with Gasteiger partial charge in [0.2, 0.25) is 0 Å². The Hall–Kier alpha value is -3.77. The molecule has 1 fully saturated rings. The Morgan fingerprint density at radius 3 is 2.39 bits per heavy atom. The van der Waals surface area contributed by atoms with E-state index in [1.54, 1.807) is 54.6 Å². The predicted molar refractivity (Wildman–Crippen MR) is 117 cm³/mol. The fraction of sp³-hybridized carbons (Fsp3) is 0.0833. The van der Waals surface area contributed by atoms with Crippen molar-refractivity contribution in [3.63, 3.8) is 0 Å². The number of ether oxygens (including phenoxy) is 1. The van der Waals surface area contributed by atoms with E-state index in [4.69, 9.17) is 16.3 Å². The molecule has 6 nitrogen and oxygen atoms in total. The van der Waals surface area contributed by atoms with Crippen LogP contribution in [0, 0.1) is 0 Å². The molecule has 1 aliphatic rings. The molecule has 4 rings (SSSR count). The van der Waals surface area contributed by atoms with Gasteiger partial charge in [-0.1, -0.05) is 41.9 Å². The van der Waals surface area contributed by atoms with Crippen LogP contribution in [0.4, 0.5) is 5.69 Å². The molecular formula is C24H18ClNO5. The predicted octanol–water partition coefficient (Wildman–Crippen LogP) is 4.68. The molecule has 0 saturated carbocycles. The fourth-order valence-corrected chi connectivity index (χ4v) is 3.92. The van der Waals surface area contributed by atoms with Crippen molar-refractivity contribution < 1.29 is 24.5 Å². The molecule has 7 heteroatoms. The number of anilines is 1. The molecule has 3 aromatic rings. The van der Waals surface area contributed by atoms with Crippen molar-refractivity contribution in [1.82, 2.24) is 0 Å². The van der Waals surface area contributed by atoms with Crippen molar-refractivity contribution >= 4 is 34.7 Å². The Bertz CT molecular complexity index is 1210. The van der Waals surface area contributed by atoms with Gasteiger partial charge in [-0.15, -0.1) is 0 Å². The van der Waals surface area contributed by atoms with Gasteiger partial charge >= 0.3 is 0 Å². The number of aliphatic hydroxyl groups is 1. The Morgan fingerprint density at radius 1 is 1.00 bits per heavy atom. The van der Waals surface area contributed by atoms with Gasteiger partial charge in [0.1, 0.15) is 17.3 Å². The Labute approximate surface area is 183 Å². The number of para-hydroxylation sites is 1. The Balaban J connectivity index is 1.94. The average molecular weight is 436 g/mol. The number of halogens is 1. The molecule has 1 unspecified atom stereocenters. The summed E-state index contributed by atoms with van der Waals surface area (Å²) in [4.78, 5) is 27.4. The van der Waals surface area contributed by atoms with Crippen molar-refractivity contribution in [1.29, 1.82) is 0 Å². The standard InChI is InChI=1S/C24H18ClNO5/c1-31-19-11-10-15(13-18(19)25)22(28)20-21(14-6-5-9-17(27)12-14)26(24(30)23(20)29)16-7-3-2-4-8-16/h2-13,21,27-28H,1H3/b22-20-. The van der Waals surface area contributed by atoms with E-state index in [-0.39, 0.29) is 27.7 Å². The van der Waals surface area contributed by atoms with Crippen LogP contribution in [0.2, 0.25) is 5.02 Å². The molecule has 1 atom stereocenters. The monoisotopic (exact) mass is 435 g/mol. The average Bonchev–Trinajstić information content (AvgIpc) is 3.04. The summed E-state index contributed by atoms with van der Waals surface area (Å²) < 4.78 is 5.14. The van der Waals surface area contributed by atoms with E-state index in [0.29, 0.717) is 17.0 Å². The van der Waals surface area contributed by atoms with Crippen molar-refractivity contribution in [2.45, 2.75) is 6.04 Å². The van der Waals surface area contributed by atoms with E-state index in [1.165, 1.54) is 30.2 Å². The number of hydrogen-bond acceptors (Lipinski definition) is 5. The maximum absolute atomic E-state index is 13.1. The van der Waals surface area contributed by atoms with Crippen LogP contribution in [0.1, 0.15) is 17.2 Å². The van der Waals surface area contributed by atoms with E-state index < -0.39 is 17.7 Å². The van der Waals surface area contributed by atoms with Crippen molar-refractivity contribution in [3.05, 3.63) is 94.5 Å². The van der Waals surface area contributed by atoms with Gasteiger partial charge in [-0.25, -0.2) is 0 Å². The number of phenols is 1. The van der Waals surface area contributed by atoms with Crippen LogP contribution in [0.15, 0.2) is 78.4 Å². The van der Waals surface area contributed by atoms with Crippen LogP contribution in [0.5, 0.6) is 11.5 Å². The smallest absolute Gasteiger partial charge is 0.300 e. The van der Waals surface area contributed by atoms with Gasteiger partial charge in [0.25, 0.3) is 11.7 Å². The minimum absolute atomic E-state index is 0.0244. The molecule has 1 saturated heterocycles. The van der Waals surface area contributed by atoms with E-state index in [2.05, 4.69) is 0 Å². The van der Waals surface area contributed by atoms with Crippen molar-refractivity contribution in [3.8, 4) is 11.5 Å². The molecule has 0 radical (unpaired) electrons. The summed E-state index contributed by atoms with van der Waals surface area (Å²) in [7, 11) is 1.47. The maximum Gasteiger partial charge on any atom is 0.300 e. The number of aromatic hydroxyl groups is 1. The molecule has 156 valence electrons. The Kier molecular flexibility index (Phi) is 5.40. The number of carbonyl (C=O) groups is 2. The molecule has 0 bridgehead atoms. The first-order valence-corrected chi connectivity index (χ1v) is 9.79. The lowest BCUT2D eigenvalue weighted by Gasteiger charge is -2.25. The second-order valence-corrected chi connectivity index (χ2v) is 7.36. The first-order chi connectivity index (χ1) is 14.9. The number of Topliss-reactive ketones (excluding diaryl/α,β-unsaturated/α-hetero) is 1. The van der Waals surface area contributed by atoms with Gasteiger partial charge in [0, 0.05) is 11.3 Å². The van der Waals surface area contributed by atoms with Crippen LogP contribution in [0.3, 0.4) is 0 Å². The lowest BCUT2D eigenvalue weighted by Crippen LogP contribution is -2.29. The second kappa shape index (κ2) is 8.16. The molecule has 0 aliphatic carbocycles. The number of carbonyl (C=O) groups excluding carboxylic acids is 2. The van der Waals surface area contributed by atoms with Crippen LogP contribution < -0.4 is 9.64 Å². The molecular weight excluding hydrogens is 418 g/mol. The Morgan fingerprint density at radius 2 is 1.74 bits per heavy atom. The lowest BCUT2D eigenvalue weighted by atomic mass is 9.95. The largest absolute Gasteiger partial charge is 0.508 e. The third kappa shape index (κ3) is 3.62. The normalized spacial score (nSPS) is 17.7. The SMILES string of the molecule is COc1ccc(/C(O)=C2/C(=O)C(=O)N(c3ccccc3)C2c2cccc(O)c2)cc1Cl. The zero-order valence-corrected chi connectivity index (χ0v) is 17.2. The first kappa shape index (κ1) is 20.5. The van der Waals surface area contributed by atoms with Crippen LogP contribution in [0.25, 0.3) is 5.76 Å². The topological polar surface area (TPSA) is 87.1 Å². The van der Waals surface area contributed by atoms with E-state index in [0.717, 1.165) is 0 Å². The minimum atomic E-state index is -0.935. The number of ketones is 1. The number of phenolic OH excluding ortho intramolecular Hbond substituents is 1. The number of nitrogens with zero attached hydrogens (tertiary/aromatic N) is 1. The number of benzene rings is 3. The molecule has 0 spiro atoms. The summed E-state index contributed by atoms with van der Waals surface area (Å²) in [6.07, 6.45) is 0. The third-order valence-electron chi connectivity index (χ3n) is 5.09. The number of aliphatic hydroxyl groups excluding tert-OH is 1. The first-order valence-electron chi connectivity index (χ1n) is 9.41. The highest BCUT2D eigenvalue weighted by molar-refractivity contribution is 6.51. The van der Waals surface area contributed by atoms with Crippen molar-refractivity contribution in [2.24, 2.45) is 0 Å². The summed E-state index contributed by atoms with van der Waals surface area (Å²) in [6.45, 7) is 0. The highest BCUT2D eigenvalue weighted by Crippen LogP contribution is 2.43. The summed E-state index contributed by atoms with van der Waals surface area (Å²) in [5.41, 5.74) is 1.14. The summed E-state index contributed by atoms with van der Waals surface area (Å²) in [6, 6.07) is 18.6. The molecule has 1 aliphatic heterocycles. The van der Waals surface area contributed by atoms with Crippen LogP contribution in [-0.2, 0) is 9.59 Å². The molecule has 31 heavy (non-hydrogen) atoms. The van der Waals surface area contributed by atoms with E-state index >= 15 is 0 Å². The molecule has 0 aromatic heterocycles. The van der Waals surface area contributed by atoms with E-state index in [1.807, 2.05) is 0 Å². The molecule has 2 N–H and O–H groups in total. The zero-order chi connectivity index (χ0) is 22.1. The summed E-state index contributed by atoms with van der Waals surface area (Å²) in [5, 5.41) is 21.3. The maximum atomic E-state index is 13.1. The number of amides is 1. The molecule has 1 amide bonds. The quantitative estimate of drug-likeness (QED) is 0.353. The van der Waals surface area contributed by atoms with Gasteiger partial charge in [0.05, 0.1) is 23.7 Å². The molecule has 3 aromatic carbocycles. The second-order valence-electron chi connectivity index (χ2n) is 6.95. The lowest BCUT2D eigenvalue weighted by molar-refractivity contribution is -0.132. The summed E-state index contributed by atoms with van der Waals surface area (Å²) in [5.74, 6) is -1.59. The summed E-state index contributed by atoms with van der Waals surface area (Å²) >= 11 is 6.19. The minimum Gasteiger partial charge on any atom is -0.508 e. The highest BCUT2D eigenvalue weighted by Gasteiger charge is 2.47. The number of methoxy groups -OCH3 is 1.